The molecule has 2 aromatic rings. The fourth-order valence-corrected chi connectivity index (χ4v) is 3.99. The van der Waals surface area contributed by atoms with Crippen LogP contribution >= 0.6 is 0 Å². The standard InChI is InChI=1S/C16H16N2O4S/c19-15(17-11-8-13-5-1-2-6-14(13)17)9-12-23(21,22)16-7-3-4-10-18(16)20/h1-7,10H,8-9,11-12H2. The van der Waals surface area contributed by atoms with E-state index in [0.717, 1.165) is 23.9 Å². The molecule has 1 aromatic heterocycles. The molecular weight excluding hydrogens is 316 g/mol. The number of carbonyl (C=O) groups is 1. The Morgan fingerprint density at radius 2 is 1.91 bits per heavy atom. The molecule has 1 amide bonds. The Morgan fingerprint density at radius 3 is 2.70 bits per heavy atom. The second kappa shape index (κ2) is 6.00. The number of hydrogen-bond acceptors (Lipinski definition) is 4. The number of rotatable bonds is 4. The van der Waals surface area contributed by atoms with E-state index >= 15 is 0 Å². The smallest absolute Gasteiger partial charge is 0.308 e. The number of hydrogen-bond donors (Lipinski definition) is 0. The molecule has 0 spiro atoms. The van der Waals surface area contributed by atoms with E-state index in [1.165, 1.54) is 18.2 Å². The minimum absolute atomic E-state index is 0.147. The molecule has 3 rings (SSSR count). The van der Waals surface area contributed by atoms with E-state index in [-0.39, 0.29) is 23.1 Å². The molecule has 120 valence electrons. The summed E-state index contributed by atoms with van der Waals surface area (Å²) >= 11 is 0. The van der Waals surface area contributed by atoms with Crippen molar-refractivity contribution >= 4 is 21.4 Å². The van der Waals surface area contributed by atoms with Crippen molar-refractivity contribution in [1.82, 2.24) is 0 Å². The Balaban J connectivity index is 1.72. The Bertz CT molecular complexity index is 849. The number of pyridine rings is 1. The highest BCUT2D eigenvalue weighted by Crippen LogP contribution is 2.28. The molecule has 6 nitrogen and oxygen atoms in total. The molecule has 7 heteroatoms. The second-order valence-electron chi connectivity index (χ2n) is 5.36. The van der Waals surface area contributed by atoms with Crippen LogP contribution in [-0.4, -0.2) is 26.6 Å². The summed E-state index contributed by atoms with van der Waals surface area (Å²) in [7, 11) is -3.79. The normalized spacial score (nSPS) is 13.8. The maximum Gasteiger partial charge on any atom is 0.308 e. The first-order valence-electron chi connectivity index (χ1n) is 7.28. The first-order valence-corrected chi connectivity index (χ1v) is 8.93. The highest BCUT2D eigenvalue weighted by molar-refractivity contribution is 7.91. The highest BCUT2D eigenvalue weighted by atomic mass is 32.2. The third kappa shape index (κ3) is 3.05. The monoisotopic (exact) mass is 332 g/mol. The summed E-state index contributed by atoms with van der Waals surface area (Å²) in [6.45, 7) is 0.561. The molecule has 0 saturated heterocycles. The Kier molecular flexibility index (Phi) is 4.04. The van der Waals surface area contributed by atoms with E-state index in [9.17, 15) is 18.4 Å². The largest absolute Gasteiger partial charge is 0.618 e. The van der Waals surface area contributed by atoms with Gasteiger partial charge in [-0.1, -0.05) is 18.2 Å². The molecule has 0 unspecified atom stereocenters. The van der Waals surface area contributed by atoms with Crippen LogP contribution in [0.5, 0.6) is 0 Å². The number of aromatic nitrogens is 1. The molecule has 0 radical (unpaired) electrons. The molecule has 1 aliphatic rings. The van der Waals surface area contributed by atoms with Crippen molar-refractivity contribution in [2.75, 3.05) is 17.2 Å². The third-order valence-corrected chi connectivity index (χ3v) is 5.57. The van der Waals surface area contributed by atoms with Crippen molar-refractivity contribution in [1.29, 1.82) is 0 Å². The van der Waals surface area contributed by atoms with Crippen LogP contribution in [0.15, 0.2) is 53.7 Å². The van der Waals surface area contributed by atoms with Gasteiger partial charge in [-0.15, -0.1) is 0 Å². The first-order chi connectivity index (χ1) is 11.0. The number of benzene rings is 1. The highest BCUT2D eigenvalue weighted by Gasteiger charge is 2.28. The Hall–Kier alpha value is -2.41. The lowest BCUT2D eigenvalue weighted by atomic mass is 10.2. The zero-order chi connectivity index (χ0) is 16.4. The van der Waals surface area contributed by atoms with Gasteiger partial charge in [0, 0.05) is 30.8 Å². The Morgan fingerprint density at radius 1 is 1.17 bits per heavy atom. The van der Waals surface area contributed by atoms with E-state index in [1.54, 1.807) is 4.90 Å². The number of nitrogens with zero attached hydrogens (tertiary/aromatic N) is 2. The molecule has 1 aliphatic heterocycles. The number of anilines is 1. The maximum absolute atomic E-state index is 12.3. The van der Waals surface area contributed by atoms with E-state index in [2.05, 4.69) is 0 Å². The number of carbonyl (C=O) groups excluding carboxylic acids is 1. The molecule has 0 aliphatic carbocycles. The molecule has 0 bridgehead atoms. The van der Waals surface area contributed by atoms with Crippen molar-refractivity contribution in [3.8, 4) is 0 Å². The van der Waals surface area contributed by atoms with Gasteiger partial charge >= 0.3 is 5.03 Å². The van der Waals surface area contributed by atoms with Gasteiger partial charge in [0.05, 0.1) is 5.75 Å². The van der Waals surface area contributed by atoms with Gasteiger partial charge in [-0.3, -0.25) is 4.79 Å². The van der Waals surface area contributed by atoms with Gasteiger partial charge in [0.15, 0.2) is 6.20 Å². The predicted molar refractivity (Wildman–Crippen MR) is 84.6 cm³/mol. The summed E-state index contributed by atoms with van der Waals surface area (Å²) in [5.41, 5.74) is 1.93. The molecule has 0 fully saturated rings. The van der Waals surface area contributed by atoms with Crippen LogP contribution in [-0.2, 0) is 21.1 Å². The van der Waals surface area contributed by atoms with Crippen LogP contribution in [0.1, 0.15) is 12.0 Å². The van der Waals surface area contributed by atoms with E-state index < -0.39 is 9.84 Å². The predicted octanol–water partition coefficient (Wildman–Crippen LogP) is 1.07. The number of sulfone groups is 1. The first kappa shape index (κ1) is 15.5. The molecule has 2 heterocycles. The van der Waals surface area contributed by atoms with Crippen LogP contribution in [0.3, 0.4) is 0 Å². The molecule has 23 heavy (non-hydrogen) atoms. The van der Waals surface area contributed by atoms with Crippen molar-refractivity contribution < 1.29 is 17.9 Å². The third-order valence-electron chi connectivity index (χ3n) is 3.88. The lowest BCUT2D eigenvalue weighted by Gasteiger charge is -2.17. The van der Waals surface area contributed by atoms with E-state index in [1.807, 2.05) is 24.3 Å². The molecule has 0 atom stereocenters. The molecule has 0 N–H and O–H groups in total. The fourth-order valence-electron chi connectivity index (χ4n) is 2.71. The van der Waals surface area contributed by atoms with Crippen LogP contribution in [0.4, 0.5) is 5.69 Å². The summed E-state index contributed by atoms with van der Waals surface area (Å²) in [6, 6.07) is 11.8. The fraction of sp³-hybridized carbons (Fsp3) is 0.250. The number of fused-ring (bicyclic) bond motifs is 1. The number of amides is 1. The van der Waals surface area contributed by atoms with Crippen molar-refractivity contribution in [2.24, 2.45) is 0 Å². The van der Waals surface area contributed by atoms with Crippen LogP contribution in [0.2, 0.25) is 0 Å². The summed E-state index contributed by atoms with van der Waals surface area (Å²) < 4.78 is 24.8. The molecule has 0 saturated carbocycles. The Labute approximate surface area is 134 Å². The van der Waals surface area contributed by atoms with Crippen LogP contribution in [0, 0.1) is 5.21 Å². The van der Waals surface area contributed by atoms with Gasteiger partial charge in [0.2, 0.25) is 15.7 Å². The summed E-state index contributed by atoms with van der Waals surface area (Å²) in [5.74, 6) is -0.622. The van der Waals surface area contributed by atoms with Crippen LogP contribution < -0.4 is 9.63 Å². The van der Waals surface area contributed by atoms with Gasteiger partial charge in [-0.25, -0.2) is 8.42 Å². The second-order valence-corrected chi connectivity index (χ2v) is 7.41. The van der Waals surface area contributed by atoms with Crippen molar-refractivity contribution in [3.63, 3.8) is 0 Å². The molecular formula is C16H16N2O4S. The maximum atomic E-state index is 12.3. The summed E-state index contributed by atoms with van der Waals surface area (Å²) in [4.78, 5) is 14.0. The van der Waals surface area contributed by atoms with Crippen LogP contribution in [0.25, 0.3) is 0 Å². The van der Waals surface area contributed by atoms with Gasteiger partial charge in [0.1, 0.15) is 0 Å². The zero-order valence-corrected chi connectivity index (χ0v) is 13.2. The summed E-state index contributed by atoms with van der Waals surface area (Å²) in [6.07, 6.45) is 1.75. The van der Waals surface area contributed by atoms with Gasteiger partial charge in [0.25, 0.3) is 0 Å². The van der Waals surface area contributed by atoms with Gasteiger partial charge < -0.3 is 10.1 Å². The number of para-hydroxylation sites is 1. The minimum atomic E-state index is -3.79. The average molecular weight is 332 g/mol. The van der Waals surface area contributed by atoms with Gasteiger partial charge in [-0.2, -0.15) is 4.73 Å². The lowest BCUT2D eigenvalue weighted by molar-refractivity contribution is -0.646. The lowest BCUT2D eigenvalue weighted by Crippen LogP contribution is -2.35. The SMILES string of the molecule is O=C(CCS(=O)(=O)c1cccc[n+]1[O-])N1CCc2ccccc21. The average Bonchev–Trinajstić information content (AvgIpc) is 2.97. The minimum Gasteiger partial charge on any atom is -0.618 e. The van der Waals surface area contributed by atoms with Crippen molar-refractivity contribution in [2.45, 2.75) is 17.9 Å². The van der Waals surface area contributed by atoms with E-state index in [4.69, 9.17) is 0 Å². The quantitative estimate of drug-likeness (QED) is 0.619. The zero-order valence-electron chi connectivity index (χ0n) is 12.4. The topological polar surface area (TPSA) is 81.4 Å². The molecule has 1 aromatic carbocycles. The van der Waals surface area contributed by atoms with Crippen molar-refractivity contribution in [3.05, 3.63) is 59.4 Å². The van der Waals surface area contributed by atoms with Gasteiger partial charge in [-0.05, 0) is 24.1 Å². The summed E-state index contributed by atoms with van der Waals surface area (Å²) in [5, 5.41) is 11.2. The van der Waals surface area contributed by atoms with E-state index in [0.29, 0.717) is 11.3 Å².